The molecule has 0 aliphatic carbocycles. The van der Waals surface area contributed by atoms with Crippen LogP contribution in [0.5, 0.6) is 0 Å². The maximum Gasteiger partial charge on any atom is -0.0135 e. The predicted octanol–water partition coefficient (Wildman–Crippen LogP) is 4.58. The van der Waals surface area contributed by atoms with Gasteiger partial charge in [-0.25, -0.2) is 0 Å². The minimum atomic E-state index is 0.274. The van der Waals surface area contributed by atoms with Crippen LogP contribution in [0, 0.1) is 11.3 Å². The molecule has 0 fully saturated rings. The third kappa shape index (κ3) is 5.68. The Morgan fingerprint density at radius 3 is 2.08 bits per heavy atom. The average molecular weight is 180 g/mol. The van der Waals surface area contributed by atoms with Crippen LogP contribution in [0.1, 0.15) is 48.0 Å². The smallest absolute Gasteiger partial charge is 0.0135 e. The summed E-state index contributed by atoms with van der Waals surface area (Å²) in [5.41, 5.74) is 1.72. The molecule has 0 aliphatic heterocycles. The van der Waals surface area contributed by atoms with Gasteiger partial charge in [0.2, 0.25) is 0 Å². The van der Waals surface area contributed by atoms with Crippen molar-refractivity contribution in [1.29, 1.82) is 0 Å². The molecule has 0 heterocycles. The van der Waals surface area contributed by atoms with E-state index in [0.717, 1.165) is 6.42 Å². The molecule has 0 N–H and O–H groups in total. The molecule has 0 aromatic rings. The lowest BCUT2D eigenvalue weighted by atomic mass is 9.84. The third-order valence-electron chi connectivity index (χ3n) is 1.91. The summed E-state index contributed by atoms with van der Waals surface area (Å²) in [7, 11) is 0. The van der Waals surface area contributed by atoms with E-state index in [1.165, 1.54) is 5.57 Å². The first-order valence-electron chi connectivity index (χ1n) is 5.26. The van der Waals surface area contributed by atoms with Crippen LogP contribution in [-0.4, -0.2) is 0 Å². The molecule has 13 heavy (non-hydrogen) atoms. The molecule has 0 spiro atoms. The molecule has 0 heteroatoms. The van der Waals surface area contributed by atoms with Crippen molar-refractivity contribution in [3.8, 4) is 0 Å². The van der Waals surface area contributed by atoms with Crippen LogP contribution in [0.3, 0.4) is 0 Å². The molecule has 0 rings (SSSR count). The summed E-state index contributed by atoms with van der Waals surface area (Å²) in [4.78, 5) is 0. The first-order chi connectivity index (χ1) is 5.88. The second-order valence-corrected chi connectivity index (χ2v) is 4.93. The van der Waals surface area contributed by atoms with E-state index in [1.807, 2.05) is 0 Å². The maximum absolute atomic E-state index is 2.35. The molecule has 0 amide bonds. The van der Waals surface area contributed by atoms with Gasteiger partial charge in [0, 0.05) is 0 Å². The lowest BCUT2D eigenvalue weighted by Crippen LogP contribution is -2.08. The Labute approximate surface area is 83.7 Å². The fourth-order valence-corrected chi connectivity index (χ4v) is 1.16. The summed E-state index contributed by atoms with van der Waals surface area (Å²) in [5.74, 6) is 0.635. The van der Waals surface area contributed by atoms with Crippen molar-refractivity contribution in [3.63, 3.8) is 0 Å². The topological polar surface area (TPSA) is 0 Å². The van der Waals surface area contributed by atoms with Crippen molar-refractivity contribution in [2.24, 2.45) is 11.3 Å². The SMILES string of the molecule is CC/C=C\C(=C/C(C)C)C(C)(C)C. The summed E-state index contributed by atoms with van der Waals surface area (Å²) in [6.07, 6.45) is 7.97. The van der Waals surface area contributed by atoms with Crippen LogP contribution in [0.25, 0.3) is 0 Å². The van der Waals surface area contributed by atoms with Crippen LogP contribution >= 0.6 is 0 Å². The molecular weight excluding hydrogens is 156 g/mol. The highest BCUT2D eigenvalue weighted by molar-refractivity contribution is 5.25. The molecule has 0 radical (unpaired) electrons. The van der Waals surface area contributed by atoms with Crippen LogP contribution in [0.4, 0.5) is 0 Å². The Morgan fingerprint density at radius 1 is 1.23 bits per heavy atom. The van der Waals surface area contributed by atoms with E-state index in [2.05, 4.69) is 59.8 Å². The van der Waals surface area contributed by atoms with Crippen molar-refractivity contribution in [2.45, 2.75) is 48.0 Å². The number of hydrogen-bond donors (Lipinski definition) is 0. The van der Waals surface area contributed by atoms with Gasteiger partial charge in [-0.3, -0.25) is 0 Å². The average Bonchev–Trinajstić information content (AvgIpc) is 1.95. The highest BCUT2D eigenvalue weighted by Crippen LogP contribution is 2.27. The molecule has 0 aromatic carbocycles. The summed E-state index contributed by atoms with van der Waals surface area (Å²) in [6, 6.07) is 0. The van der Waals surface area contributed by atoms with Crippen molar-refractivity contribution < 1.29 is 0 Å². The van der Waals surface area contributed by atoms with Gasteiger partial charge < -0.3 is 0 Å². The minimum Gasteiger partial charge on any atom is -0.0845 e. The van der Waals surface area contributed by atoms with E-state index in [1.54, 1.807) is 0 Å². The van der Waals surface area contributed by atoms with E-state index < -0.39 is 0 Å². The van der Waals surface area contributed by atoms with Crippen LogP contribution in [-0.2, 0) is 0 Å². The summed E-state index contributed by atoms with van der Waals surface area (Å²) < 4.78 is 0. The van der Waals surface area contributed by atoms with Crippen molar-refractivity contribution in [1.82, 2.24) is 0 Å². The van der Waals surface area contributed by atoms with Crippen LogP contribution in [0.2, 0.25) is 0 Å². The van der Waals surface area contributed by atoms with Gasteiger partial charge in [-0.15, -0.1) is 0 Å². The summed E-state index contributed by atoms with van der Waals surface area (Å²) >= 11 is 0. The van der Waals surface area contributed by atoms with Gasteiger partial charge in [0.05, 0.1) is 0 Å². The fourth-order valence-electron chi connectivity index (χ4n) is 1.16. The third-order valence-corrected chi connectivity index (χ3v) is 1.91. The van der Waals surface area contributed by atoms with Gasteiger partial charge in [-0.1, -0.05) is 59.8 Å². The monoisotopic (exact) mass is 180 g/mol. The van der Waals surface area contributed by atoms with Crippen molar-refractivity contribution >= 4 is 0 Å². The Kier molecular flexibility index (Phi) is 5.05. The largest absolute Gasteiger partial charge is 0.0845 e. The molecule has 0 saturated carbocycles. The van der Waals surface area contributed by atoms with Crippen LogP contribution < -0.4 is 0 Å². The quantitative estimate of drug-likeness (QED) is 0.558. The van der Waals surface area contributed by atoms with Crippen molar-refractivity contribution in [3.05, 3.63) is 23.8 Å². The molecule has 0 aliphatic rings. The molecule has 0 aromatic heterocycles. The first kappa shape index (κ1) is 12.5. The van der Waals surface area contributed by atoms with Crippen LogP contribution in [0.15, 0.2) is 23.8 Å². The Hall–Kier alpha value is -0.520. The van der Waals surface area contributed by atoms with Gasteiger partial charge in [0.25, 0.3) is 0 Å². The normalized spacial score (nSPS) is 14.5. The number of hydrogen-bond acceptors (Lipinski definition) is 0. The zero-order valence-corrected chi connectivity index (χ0v) is 10.0. The Balaban J connectivity index is 4.67. The first-order valence-corrected chi connectivity index (χ1v) is 5.26. The second-order valence-electron chi connectivity index (χ2n) is 4.93. The molecule has 0 nitrogen and oxygen atoms in total. The molecule has 76 valence electrons. The van der Waals surface area contributed by atoms with Gasteiger partial charge in [-0.2, -0.15) is 0 Å². The number of allylic oxidation sites excluding steroid dienone is 4. The zero-order valence-electron chi connectivity index (χ0n) is 10.0. The molecular formula is C13H24. The molecule has 0 bridgehead atoms. The lowest BCUT2D eigenvalue weighted by molar-refractivity contribution is 0.510. The van der Waals surface area contributed by atoms with E-state index >= 15 is 0 Å². The molecule has 0 unspecified atom stereocenters. The summed E-state index contributed by atoms with van der Waals surface area (Å²) in [6.45, 7) is 13.4. The highest BCUT2D eigenvalue weighted by atomic mass is 14.2. The number of rotatable bonds is 3. The Morgan fingerprint density at radius 2 is 1.77 bits per heavy atom. The summed E-state index contributed by atoms with van der Waals surface area (Å²) in [5, 5.41) is 0. The zero-order chi connectivity index (χ0) is 10.5. The van der Waals surface area contributed by atoms with E-state index in [9.17, 15) is 0 Å². The van der Waals surface area contributed by atoms with Crippen molar-refractivity contribution in [2.75, 3.05) is 0 Å². The van der Waals surface area contributed by atoms with Gasteiger partial charge in [0.1, 0.15) is 0 Å². The van der Waals surface area contributed by atoms with Gasteiger partial charge >= 0.3 is 0 Å². The Bertz CT molecular complexity index is 187. The molecule has 0 saturated heterocycles. The van der Waals surface area contributed by atoms with Gasteiger partial charge in [-0.05, 0) is 23.3 Å². The molecule has 0 atom stereocenters. The minimum absolute atomic E-state index is 0.274. The fraction of sp³-hybridized carbons (Fsp3) is 0.692. The lowest BCUT2D eigenvalue weighted by Gasteiger charge is -2.21. The van der Waals surface area contributed by atoms with E-state index in [4.69, 9.17) is 0 Å². The standard InChI is InChI=1S/C13H24/c1-7-8-9-12(10-11(2)3)13(4,5)6/h8-11H,7H2,1-6H3/b9-8-,12-10+. The predicted molar refractivity (Wildman–Crippen MR) is 61.8 cm³/mol. The maximum atomic E-state index is 2.35. The highest BCUT2D eigenvalue weighted by Gasteiger charge is 2.14. The second kappa shape index (κ2) is 5.26. The van der Waals surface area contributed by atoms with E-state index in [-0.39, 0.29) is 5.41 Å². The van der Waals surface area contributed by atoms with E-state index in [0.29, 0.717) is 5.92 Å². The van der Waals surface area contributed by atoms with Gasteiger partial charge in [0.15, 0.2) is 0 Å².